The Morgan fingerprint density at radius 1 is 1.11 bits per heavy atom. The summed E-state index contributed by atoms with van der Waals surface area (Å²) in [6.45, 7) is 0. The molecule has 1 aromatic heterocycles. The van der Waals surface area contributed by atoms with Gasteiger partial charge >= 0.3 is 6.01 Å². The van der Waals surface area contributed by atoms with Crippen LogP contribution in [0, 0.1) is 0 Å². The Morgan fingerprint density at radius 2 is 1.78 bits per heavy atom. The molecule has 0 bridgehead atoms. The van der Waals surface area contributed by atoms with Gasteiger partial charge in [-0.05, 0) is 24.3 Å². The fourth-order valence-electron chi connectivity index (χ4n) is 2.44. The molecule has 0 radical (unpaired) electrons. The van der Waals surface area contributed by atoms with Crippen LogP contribution in [-0.4, -0.2) is 38.2 Å². The fraction of sp³-hybridized carbons (Fsp3) is 0.167. The Hall–Kier alpha value is -3.75. The molecule has 9 heteroatoms. The first-order valence-corrected chi connectivity index (χ1v) is 7.86. The quantitative estimate of drug-likeness (QED) is 0.522. The molecule has 3 N–H and O–H groups in total. The van der Waals surface area contributed by atoms with Gasteiger partial charge in [0.05, 0.1) is 21.3 Å². The van der Waals surface area contributed by atoms with E-state index in [1.165, 1.54) is 33.5 Å². The second-order valence-electron chi connectivity index (χ2n) is 5.33. The van der Waals surface area contributed by atoms with E-state index in [4.69, 9.17) is 24.4 Å². The minimum absolute atomic E-state index is 0.0406. The normalized spacial score (nSPS) is 11.3. The van der Waals surface area contributed by atoms with Crippen LogP contribution in [0.4, 0.5) is 6.01 Å². The van der Waals surface area contributed by atoms with Gasteiger partial charge in [-0.25, -0.2) is 0 Å². The number of guanidine groups is 1. The Bertz CT molecular complexity index is 954. The highest BCUT2D eigenvalue weighted by Gasteiger charge is 2.17. The lowest BCUT2D eigenvalue weighted by Crippen LogP contribution is -2.36. The molecular weight excluding hydrogens is 352 g/mol. The smallest absolute Gasteiger partial charge is 0.325 e. The predicted molar refractivity (Wildman–Crippen MR) is 98.9 cm³/mol. The van der Waals surface area contributed by atoms with Crippen molar-refractivity contribution in [2.24, 2.45) is 10.7 Å². The third-order valence-corrected chi connectivity index (χ3v) is 3.67. The van der Waals surface area contributed by atoms with Crippen molar-refractivity contribution in [3.63, 3.8) is 0 Å². The number of oxazole rings is 1. The van der Waals surface area contributed by atoms with E-state index in [0.717, 1.165) is 0 Å². The molecule has 3 aromatic rings. The lowest BCUT2D eigenvalue weighted by Gasteiger charge is -2.13. The van der Waals surface area contributed by atoms with E-state index in [-0.39, 0.29) is 17.5 Å². The van der Waals surface area contributed by atoms with Crippen LogP contribution < -0.4 is 25.3 Å². The maximum absolute atomic E-state index is 12.5. The number of nitrogens with zero attached hydrogens (tertiary/aromatic N) is 2. The number of amides is 1. The zero-order chi connectivity index (χ0) is 19.4. The second kappa shape index (κ2) is 7.65. The number of fused-ring (bicyclic) bond motifs is 1. The number of rotatable bonds is 5. The van der Waals surface area contributed by atoms with Crippen LogP contribution >= 0.6 is 0 Å². The third kappa shape index (κ3) is 3.76. The van der Waals surface area contributed by atoms with Crippen LogP contribution in [0.2, 0.25) is 0 Å². The molecule has 27 heavy (non-hydrogen) atoms. The summed E-state index contributed by atoms with van der Waals surface area (Å²) in [5.74, 6) is 0.393. The van der Waals surface area contributed by atoms with E-state index in [0.29, 0.717) is 28.3 Å². The van der Waals surface area contributed by atoms with E-state index >= 15 is 0 Å². The molecule has 0 atom stereocenters. The molecule has 0 aliphatic heterocycles. The summed E-state index contributed by atoms with van der Waals surface area (Å²) in [6.07, 6.45) is 0. The van der Waals surface area contributed by atoms with Crippen LogP contribution in [0.15, 0.2) is 45.8 Å². The Morgan fingerprint density at radius 3 is 2.37 bits per heavy atom. The monoisotopic (exact) mass is 370 g/mol. The summed E-state index contributed by atoms with van der Waals surface area (Å²) in [4.78, 5) is 20.6. The largest absolute Gasteiger partial charge is 0.493 e. The number of carbonyl (C=O) groups excluding carboxylic acids is 1. The first-order chi connectivity index (χ1) is 13.0. The van der Waals surface area contributed by atoms with Gasteiger partial charge in [0, 0.05) is 5.56 Å². The summed E-state index contributed by atoms with van der Waals surface area (Å²) in [5.41, 5.74) is 7.25. The Balaban J connectivity index is 1.83. The van der Waals surface area contributed by atoms with Gasteiger partial charge in [0.25, 0.3) is 5.91 Å². The number of nitrogens with two attached hydrogens (primary N) is 1. The Kier molecular flexibility index (Phi) is 5.11. The maximum Gasteiger partial charge on any atom is 0.325 e. The molecule has 2 aromatic carbocycles. The number of para-hydroxylation sites is 2. The molecule has 0 saturated carbocycles. The SMILES string of the molecule is COc1cc(C(=O)NC(N)=Nc2nc3ccccc3o2)cc(OC)c1OC. The lowest BCUT2D eigenvalue weighted by atomic mass is 10.1. The number of hydrogen-bond acceptors (Lipinski definition) is 7. The minimum Gasteiger partial charge on any atom is -0.493 e. The number of hydrogen-bond donors (Lipinski definition) is 2. The van der Waals surface area contributed by atoms with Crippen molar-refractivity contribution < 1.29 is 23.4 Å². The average Bonchev–Trinajstić information content (AvgIpc) is 3.08. The molecule has 9 nitrogen and oxygen atoms in total. The molecule has 140 valence electrons. The van der Waals surface area contributed by atoms with Crippen molar-refractivity contribution in [2.75, 3.05) is 21.3 Å². The van der Waals surface area contributed by atoms with Crippen molar-refractivity contribution >= 4 is 29.0 Å². The first kappa shape index (κ1) is 18.1. The number of nitrogens with one attached hydrogen (secondary N) is 1. The van der Waals surface area contributed by atoms with Crippen LogP contribution in [-0.2, 0) is 0 Å². The van der Waals surface area contributed by atoms with E-state index < -0.39 is 5.91 Å². The molecule has 1 heterocycles. The third-order valence-electron chi connectivity index (χ3n) is 3.67. The van der Waals surface area contributed by atoms with Crippen LogP contribution in [0.1, 0.15) is 10.4 Å². The van der Waals surface area contributed by atoms with E-state index in [1.807, 2.05) is 12.1 Å². The van der Waals surface area contributed by atoms with E-state index in [2.05, 4.69) is 15.3 Å². The highest BCUT2D eigenvalue weighted by molar-refractivity contribution is 6.06. The maximum atomic E-state index is 12.5. The van der Waals surface area contributed by atoms with Gasteiger partial charge in [-0.15, -0.1) is 0 Å². The summed E-state index contributed by atoms with van der Waals surface area (Å²) in [7, 11) is 4.40. The Labute approximate surface area is 154 Å². The zero-order valence-corrected chi connectivity index (χ0v) is 15.0. The van der Waals surface area contributed by atoms with Gasteiger partial charge in [0.1, 0.15) is 5.52 Å². The van der Waals surface area contributed by atoms with Gasteiger partial charge in [0.2, 0.25) is 11.7 Å². The number of carbonyl (C=O) groups is 1. The number of aromatic nitrogens is 1. The summed E-state index contributed by atoms with van der Waals surface area (Å²) >= 11 is 0. The molecule has 3 rings (SSSR count). The van der Waals surface area contributed by atoms with Crippen LogP contribution in [0.5, 0.6) is 17.2 Å². The molecule has 0 unspecified atom stereocenters. The molecule has 0 fully saturated rings. The van der Waals surface area contributed by atoms with Crippen molar-refractivity contribution in [3.8, 4) is 17.2 Å². The predicted octanol–water partition coefficient (Wildman–Crippen LogP) is 2.23. The van der Waals surface area contributed by atoms with Crippen molar-refractivity contribution in [3.05, 3.63) is 42.0 Å². The number of ether oxygens (including phenoxy) is 3. The van der Waals surface area contributed by atoms with Gasteiger partial charge in [-0.3, -0.25) is 10.1 Å². The highest BCUT2D eigenvalue weighted by atomic mass is 16.5. The number of aliphatic imine (C=N–C) groups is 1. The molecule has 0 aliphatic carbocycles. The second-order valence-corrected chi connectivity index (χ2v) is 5.33. The first-order valence-electron chi connectivity index (χ1n) is 7.86. The summed E-state index contributed by atoms with van der Waals surface area (Å²) in [5, 5.41) is 2.47. The summed E-state index contributed by atoms with van der Waals surface area (Å²) < 4.78 is 21.1. The average molecular weight is 370 g/mol. The number of methoxy groups -OCH3 is 3. The zero-order valence-electron chi connectivity index (χ0n) is 15.0. The standard InChI is InChI=1S/C18H18N4O5/c1-24-13-8-10(9-14(25-2)15(13)26-3)16(23)21-17(19)22-18-20-11-6-4-5-7-12(11)27-18/h4-9H,1-3H3,(H3,19,20,21,22,23). The summed E-state index contributed by atoms with van der Waals surface area (Å²) in [6, 6.07) is 10.2. The van der Waals surface area contributed by atoms with Gasteiger partial charge in [-0.2, -0.15) is 9.98 Å². The molecular formula is C18H18N4O5. The highest BCUT2D eigenvalue weighted by Crippen LogP contribution is 2.38. The molecule has 1 amide bonds. The molecule has 0 aliphatic rings. The van der Waals surface area contributed by atoms with E-state index in [9.17, 15) is 4.79 Å². The van der Waals surface area contributed by atoms with Gasteiger partial charge < -0.3 is 24.4 Å². The van der Waals surface area contributed by atoms with Crippen molar-refractivity contribution in [1.82, 2.24) is 10.3 Å². The molecule has 0 spiro atoms. The van der Waals surface area contributed by atoms with Crippen LogP contribution in [0.25, 0.3) is 11.1 Å². The van der Waals surface area contributed by atoms with Crippen molar-refractivity contribution in [2.45, 2.75) is 0 Å². The lowest BCUT2D eigenvalue weighted by molar-refractivity contribution is 0.0976. The minimum atomic E-state index is -0.508. The van der Waals surface area contributed by atoms with Gasteiger partial charge in [-0.1, -0.05) is 12.1 Å². The van der Waals surface area contributed by atoms with Crippen molar-refractivity contribution in [1.29, 1.82) is 0 Å². The molecule has 0 saturated heterocycles. The topological polar surface area (TPSA) is 121 Å². The fourth-order valence-corrected chi connectivity index (χ4v) is 2.44. The van der Waals surface area contributed by atoms with Crippen LogP contribution in [0.3, 0.4) is 0 Å². The van der Waals surface area contributed by atoms with E-state index in [1.54, 1.807) is 12.1 Å². The number of benzene rings is 2. The van der Waals surface area contributed by atoms with Gasteiger partial charge in [0.15, 0.2) is 17.1 Å².